The minimum atomic E-state index is -1.43. The fraction of sp³-hybridized carbons (Fsp3) is 0.514. The van der Waals surface area contributed by atoms with Gasteiger partial charge in [-0.2, -0.15) is 0 Å². The van der Waals surface area contributed by atoms with Crippen LogP contribution in [0.1, 0.15) is 211 Å². The third-order valence-corrected chi connectivity index (χ3v) is 20.6. The van der Waals surface area contributed by atoms with Crippen molar-refractivity contribution >= 4 is 66.5 Å². The van der Waals surface area contributed by atoms with Crippen molar-refractivity contribution in [1.82, 2.24) is 0 Å². The molecule has 0 N–H and O–H groups in total. The zero-order valence-electron chi connectivity index (χ0n) is 57.5. The molecular weight excluding hydrogens is 1310 g/mol. The molecule has 0 aliphatic carbocycles. The van der Waals surface area contributed by atoms with E-state index in [1.807, 2.05) is 42.7 Å². The van der Waals surface area contributed by atoms with Crippen LogP contribution >= 0.6 is 34.7 Å². The fourth-order valence-electron chi connectivity index (χ4n) is 11.4. The predicted octanol–water partition coefficient (Wildman–Crippen LogP) is 18.7. The molecule has 0 aromatic heterocycles. The SMILES string of the molecule is COc1cccc(P(c2cc(C(C)(C)C)c(OC)c(C(C)(C)C)c2)c2cc(C(C)(C)C)c(OC)c(C(C)(C)C)c2)c1-c1c(OC)cccc1P(c1cc(C(C)(C)C)c(OC)c(C(C)(C)C)c1)c1cc(C(C)(C)C)c(OC)c(C(C)(C)C)c1.[Cl][Pt][Cl]. The van der Waals surface area contributed by atoms with Gasteiger partial charge < -0.3 is 28.4 Å². The van der Waals surface area contributed by atoms with Gasteiger partial charge in [0.1, 0.15) is 34.5 Å². The summed E-state index contributed by atoms with van der Waals surface area (Å²) in [5, 5.41) is 7.22. The molecule has 0 atom stereocenters. The molecule has 6 aromatic rings. The van der Waals surface area contributed by atoms with Crippen LogP contribution in [0, 0.1) is 0 Å². The van der Waals surface area contributed by atoms with Crippen molar-refractivity contribution in [3.63, 3.8) is 0 Å². The second-order valence-corrected chi connectivity index (χ2v) is 38.4. The summed E-state index contributed by atoms with van der Waals surface area (Å²) >= 11 is -0.472. The van der Waals surface area contributed by atoms with Crippen LogP contribution in [-0.2, 0) is 59.8 Å². The Morgan fingerprint density at radius 2 is 0.447 bits per heavy atom. The summed E-state index contributed by atoms with van der Waals surface area (Å²) in [5.41, 5.74) is 9.30. The third kappa shape index (κ3) is 15.8. The third-order valence-electron chi connectivity index (χ3n) is 15.8. The van der Waals surface area contributed by atoms with E-state index in [1.54, 1.807) is 0 Å². The van der Waals surface area contributed by atoms with Crippen LogP contribution in [0.2, 0.25) is 0 Å². The molecule has 0 unspecified atom stereocenters. The van der Waals surface area contributed by atoms with Crippen LogP contribution in [0.5, 0.6) is 34.5 Å². The van der Waals surface area contributed by atoms with Crippen molar-refractivity contribution in [1.29, 1.82) is 0 Å². The second kappa shape index (κ2) is 26.8. The zero-order chi connectivity index (χ0) is 64.7. The standard InChI is InChI=1S/C74H104O6P2.2ClH.Pt/c1-67(2,3)49-37-45(38-50(63(49)77-27)68(4,5)6)81(46-39-51(69(7,8)9)64(78-28)52(40-46)70(10,11)12)59-35-31-33-57(75-25)61(59)62-58(76-26)34-32-36-60(62)82(47-41-53(71(13,14)15)65(79-29)54(42-47)72(16,17)18)48-43-55(73(19,20)21)66(80-30)56(44-48)74(22,23)24;;;/h31-44H,1-30H3;2*1H;/q;;;+2/p-2. The van der Waals surface area contributed by atoms with Crippen LogP contribution in [0.25, 0.3) is 11.1 Å². The van der Waals surface area contributed by atoms with Crippen molar-refractivity contribution in [2.75, 3.05) is 42.7 Å². The summed E-state index contributed by atoms with van der Waals surface area (Å²) in [6, 6.07) is 33.0. The van der Waals surface area contributed by atoms with E-state index >= 15 is 0 Å². The average Bonchev–Trinajstić information content (AvgIpc) is 1.99. The van der Waals surface area contributed by atoms with Crippen molar-refractivity contribution in [3.8, 4) is 45.6 Å². The van der Waals surface area contributed by atoms with Gasteiger partial charge in [-0.15, -0.1) is 0 Å². The molecule has 0 spiro atoms. The molecule has 0 radical (unpaired) electrons. The maximum absolute atomic E-state index is 6.80. The van der Waals surface area contributed by atoms with E-state index < -0.39 is 32.3 Å². The Morgan fingerprint density at radius 1 is 0.282 bits per heavy atom. The van der Waals surface area contributed by atoms with Crippen molar-refractivity contribution < 1.29 is 44.9 Å². The summed E-state index contributed by atoms with van der Waals surface area (Å²) < 4.78 is 39.6. The Labute approximate surface area is 534 Å². The summed E-state index contributed by atoms with van der Waals surface area (Å²) in [6.07, 6.45) is 0. The quantitative estimate of drug-likeness (QED) is 0.107. The number of hydrogen-bond donors (Lipinski definition) is 0. The van der Waals surface area contributed by atoms with Crippen LogP contribution in [0.3, 0.4) is 0 Å². The number of ether oxygens (including phenoxy) is 6. The van der Waals surface area contributed by atoms with Gasteiger partial charge in [0.05, 0.1) is 42.7 Å². The molecule has 6 nitrogen and oxygen atoms in total. The second-order valence-electron chi connectivity index (χ2n) is 30.7. The Morgan fingerprint density at radius 3 is 0.576 bits per heavy atom. The molecule has 0 aliphatic rings. The van der Waals surface area contributed by atoms with Crippen LogP contribution in [0.15, 0.2) is 84.9 Å². The summed E-state index contributed by atoms with van der Waals surface area (Å²) in [5.74, 6) is 5.30. The van der Waals surface area contributed by atoms with Gasteiger partial charge in [-0.05, 0) is 152 Å². The topological polar surface area (TPSA) is 55.4 Å². The molecule has 85 heavy (non-hydrogen) atoms. The number of hydrogen-bond acceptors (Lipinski definition) is 6. The molecule has 6 aromatic carbocycles. The molecule has 0 fully saturated rings. The first-order valence-electron chi connectivity index (χ1n) is 29.6. The molecule has 0 saturated heterocycles. The van der Waals surface area contributed by atoms with Crippen molar-refractivity contribution in [3.05, 3.63) is 129 Å². The molecule has 6 rings (SSSR count). The molecule has 0 aliphatic heterocycles. The van der Waals surface area contributed by atoms with Gasteiger partial charge in [-0.1, -0.05) is 190 Å². The molecular formula is C74H104Cl2O6P2Pt. The number of halogens is 2. The maximum atomic E-state index is 6.80. The Balaban J connectivity index is 0.00000431. The molecule has 0 amide bonds. The summed E-state index contributed by atoms with van der Waals surface area (Å²) in [4.78, 5) is 0. The fourth-order valence-corrected chi connectivity index (χ4v) is 16.6. The molecule has 0 saturated carbocycles. The Kier molecular flexibility index (Phi) is 22.7. The minimum absolute atomic E-state index is 0.259. The number of methoxy groups -OCH3 is 6. The summed E-state index contributed by atoms with van der Waals surface area (Å²) in [7, 11) is 17.8. The van der Waals surface area contributed by atoms with E-state index in [1.165, 1.54) is 65.7 Å². The van der Waals surface area contributed by atoms with Gasteiger partial charge in [0.15, 0.2) is 0 Å². The van der Waals surface area contributed by atoms with E-state index in [-0.39, 0.29) is 43.3 Å². The number of rotatable bonds is 13. The van der Waals surface area contributed by atoms with E-state index in [0.717, 1.165) is 56.2 Å². The van der Waals surface area contributed by atoms with E-state index in [0.29, 0.717) is 0 Å². The van der Waals surface area contributed by atoms with Crippen LogP contribution < -0.4 is 60.2 Å². The molecule has 0 bridgehead atoms. The Bertz CT molecular complexity index is 2800. The van der Waals surface area contributed by atoms with E-state index in [4.69, 9.17) is 47.3 Å². The van der Waals surface area contributed by atoms with Crippen LogP contribution in [-0.4, -0.2) is 42.7 Å². The van der Waals surface area contributed by atoms with E-state index in [2.05, 4.69) is 251 Å². The first kappa shape index (κ1) is 72.0. The van der Waals surface area contributed by atoms with Gasteiger partial charge in [0.25, 0.3) is 0 Å². The monoisotopic (exact) mass is 1420 g/mol. The summed E-state index contributed by atoms with van der Waals surface area (Å²) in [6.45, 7) is 55.3. The normalized spacial score (nSPS) is 13.0. The van der Waals surface area contributed by atoms with Gasteiger partial charge in [-0.3, -0.25) is 0 Å². The predicted molar refractivity (Wildman–Crippen MR) is 370 cm³/mol. The molecule has 11 heteroatoms. The average molecular weight is 1420 g/mol. The van der Waals surface area contributed by atoms with Gasteiger partial charge >= 0.3 is 35.3 Å². The van der Waals surface area contributed by atoms with E-state index in [9.17, 15) is 0 Å². The Hall–Kier alpha value is -3.75. The van der Waals surface area contributed by atoms with Crippen molar-refractivity contribution in [2.24, 2.45) is 0 Å². The number of benzene rings is 6. The zero-order valence-corrected chi connectivity index (χ0v) is 63.1. The molecule has 0 heterocycles. The molecule has 470 valence electrons. The van der Waals surface area contributed by atoms with Gasteiger partial charge in [0.2, 0.25) is 0 Å². The first-order chi connectivity index (χ1) is 38.9. The van der Waals surface area contributed by atoms with Gasteiger partial charge in [0, 0.05) is 55.6 Å². The van der Waals surface area contributed by atoms with Crippen molar-refractivity contribution in [2.45, 2.75) is 209 Å². The van der Waals surface area contributed by atoms with Crippen LogP contribution in [0.4, 0.5) is 0 Å². The first-order valence-corrected chi connectivity index (χ1v) is 37.9. The van der Waals surface area contributed by atoms with Gasteiger partial charge in [-0.25, -0.2) is 0 Å².